The van der Waals surface area contributed by atoms with E-state index in [-0.39, 0.29) is 0 Å². The van der Waals surface area contributed by atoms with Crippen LogP contribution in [0.15, 0.2) is 46.9 Å². The maximum Gasteiger partial charge on any atom is 0.193 e. The standard InChI is InChI=1S/C14H15N3S2/c1-15-8-11-3-2-4-13(7-11)19-10-12-9-17-5-6-18-14(17)16-12/h2-7,9,15H,8,10H2,1H3. The van der Waals surface area contributed by atoms with E-state index in [4.69, 9.17) is 0 Å². The van der Waals surface area contributed by atoms with Gasteiger partial charge in [0, 0.05) is 35.0 Å². The van der Waals surface area contributed by atoms with Crippen molar-refractivity contribution >= 4 is 28.1 Å². The zero-order chi connectivity index (χ0) is 13.1. The van der Waals surface area contributed by atoms with Gasteiger partial charge in [-0.25, -0.2) is 4.98 Å². The molecule has 2 heterocycles. The summed E-state index contributed by atoms with van der Waals surface area (Å²) in [5.41, 5.74) is 2.45. The van der Waals surface area contributed by atoms with E-state index in [1.54, 1.807) is 11.3 Å². The molecule has 0 aliphatic rings. The van der Waals surface area contributed by atoms with Crippen LogP contribution in [0.5, 0.6) is 0 Å². The summed E-state index contributed by atoms with van der Waals surface area (Å²) >= 11 is 3.51. The molecule has 3 nitrogen and oxygen atoms in total. The summed E-state index contributed by atoms with van der Waals surface area (Å²) in [5.74, 6) is 0.914. The molecular weight excluding hydrogens is 274 g/mol. The quantitative estimate of drug-likeness (QED) is 0.730. The second-order valence-corrected chi connectivity index (χ2v) is 6.21. The van der Waals surface area contributed by atoms with Gasteiger partial charge in [-0.05, 0) is 24.7 Å². The van der Waals surface area contributed by atoms with Crippen molar-refractivity contribution in [3.05, 3.63) is 53.3 Å². The van der Waals surface area contributed by atoms with Crippen LogP contribution in [0.4, 0.5) is 0 Å². The lowest BCUT2D eigenvalue weighted by molar-refractivity contribution is 0.815. The molecule has 0 saturated carbocycles. The van der Waals surface area contributed by atoms with Gasteiger partial charge in [0.1, 0.15) is 0 Å². The van der Waals surface area contributed by atoms with E-state index in [0.29, 0.717) is 0 Å². The summed E-state index contributed by atoms with van der Waals surface area (Å²) < 4.78 is 2.08. The Labute approximate surface area is 120 Å². The predicted octanol–water partition coefficient (Wildman–Crippen LogP) is 3.41. The largest absolute Gasteiger partial charge is 0.316 e. The fourth-order valence-electron chi connectivity index (χ4n) is 1.95. The number of nitrogens with zero attached hydrogens (tertiary/aromatic N) is 2. The van der Waals surface area contributed by atoms with Gasteiger partial charge in [0.25, 0.3) is 0 Å². The lowest BCUT2D eigenvalue weighted by Crippen LogP contribution is -2.04. The molecule has 0 bridgehead atoms. The number of hydrogen-bond acceptors (Lipinski definition) is 4. The minimum atomic E-state index is 0.911. The Morgan fingerprint density at radius 2 is 2.37 bits per heavy atom. The molecule has 1 N–H and O–H groups in total. The van der Waals surface area contributed by atoms with Gasteiger partial charge in [-0.1, -0.05) is 12.1 Å². The molecule has 2 aromatic heterocycles. The summed E-state index contributed by atoms with van der Waals surface area (Å²) in [6, 6.07) is 8.65. The number of rotatable bonds is 5. The van der Waals surface area contributed by atoms with Crippen LogP contribution in [-0.4, -0.2) is 16.4 Å². The SMILES string of the molecule is CNCc1cccc(SCc2cn3ccsc3n2)c1. The Morgan fingerprint density at radius 3 is 3.21 bits per heavy atom. The van der Waals surface area contributed by atoms with E-state index in [1.807, 2.05) is 18.8 Å². The van der Waals surface area contributed by atoms with E-state index in [0.717, 1.165) is 23.0 Å². The molecule has 0 radical (unpaired) electrons. The first-order chi connectivity index (χ1) is 9.35. The first-order valence-corrected chi connectivity index (χ1v) is 7.99. The average Bonchev–Trinajstić information content (AvgIpc) is 2.98. The molecule has 5 heteroatoms. The van der Waals surface area contributed by atoms with E-state index in [1.165, 1.54) is 10.5 Å². The molecule has 0 fully saturated rings. The van der Waals surface area contributed by atoms with Crippen LogP contribution in [0.1, 0.15) is 11.3 Å². The summed E-state index contributed by atoms with van der Waals surface area (Å²) in [4.78, 5) is 6.96. The highest BCUT2D eigenvalue weighted by Gasteiger charge is 2.03. The maximum atomic E-state index is 4.59. The highest BCUT2D eigenvalue weighted by Crippen LogP contribution is 2.24. The van der Waals surface area contributed by atoms with Gasteiger partial charge in [-0.3, -0.25) is 4.40 Å². The number of hydrogen-bond donors (Lipinski definition) is 1. The van der Waals surface area contributed by atoms with Crippen LogP contribution in [0.2, 0.25) is 0 Å². The first kappa shape index (κ1) is 12.7. The maximum absolute atomic E-state index is 4.59. The zero-order valence-corrected chi connectivity index (χ0v) is 12.3. The Morgan fingerprint density at radius 1 is 1.42 bits per heavy atom. The van der Waals surface area contributed by atoms with Crippen LogP contribution in [0.3, 0.4) is 0 Å². The van der Waals surface area contributed by atoms with Crippen molar-refractivity contribution in [2.24, 2.45) is 0 Å². The third kappa shape index (κ3) is 3.00. The van der Waals surface area contributed by atoms with Gasteiger partial charge in [-0.2, -0.15) is 0 Å². The van der Waals surface area contributed by atoms with Crippen molar-refractivity contribution in [3.8, 4) is 0 Å². The Balaban J connectivity index is 1.68. The second-order valence-electron chi connectivity index (χ2n) is 4.29. The van der Waals surface area contributed by atoms with E-state index in [9.17, 15) is 0 Å². The molecule has 0 spiro atoms. The van der Waals surface area contributed by atoms with Gasteiger partial charge in [-0.15, -0.1) is 23.1 Å². The predicted molar refractivity (Wildman–Crippen MR) is 81.8 cm³/mol. The monoisotopic (exact) mass is 289 g/mol. The number of imidazole rings is 1. The van der Waals surface area contributed by atoms with Crippen LogP contribution >= 0.6 is 23.1 Å². The third-order valence-corrected chi connectivity index (χ3v) is 4.61. The minimum absolute atomic E-state index is 0.911. The molecule has 0 atom stereocenters. The number of thioether (sulfide) groups is 1. The highest BCUT2D eigenvalue weighted by atomic mass is 32.2. The summed E-state index contributed by atoms with van der Waals surface area (Å²) in [6.07, 6.45) is 4.16. The number of aromatic nitrogens is 2. The Hall–Kier alpha value is -1.30. The van der Waals surface area contributed by atoms with Gasteiger partial charge in [0.2, 0.25) is 0 Å². The third-order valence-electron chi connectivity index (χ3n) is 2.81. The van der Waals surface area contributed by atoms with Crippen LogP contribution in [0, 0.1) is 0 Å². The molecule has 0 unspecified atom stereocenters. The van der Waals surface area contributed by atoms with Crippen molar-refractivity contribution in [1.82, 2.24) is 14.7 Å². The molecule has 3 aromatic rings. The van der Waals surface area contributed by atoms with E-state index in [2.05, 4.69) is 56.7 Å². The number of thiazole rings is 1. The number of nitrogens with one attached hydrogen (secondary N) is 1. The summed E-state index contributed by atoms with van der Waals surface area (Å²) in [7, 11) is 1.97. The van der Waals surface area contributed by atoms with Crippen molar-refractivity contribution < 1.29 is 0 Å². The molecule has 98 valence electrons. The Kier molecular flexibility index (Phi) is 3.87. The molecule has 0 aliphatic heterocycles. The molecule has 3 rings (SSSR count). The molecular formula is C14H15N3S2. The van der Waals surface area contributed by atoms with E-state index < -0.39 is 0 Å². The van der Waals surface area contributed by atoms with Gasteiger partial charge < -0.3 is 5.32 Å². The number of benzene rings is 1. The number of fused-ring (bicyclic) bond motifs is 1. The minimum Gasteiger partial charge on any atom is -0.316 e. The van der Waals surface area contributed by atoms with Gasteiger partial charge in [0.15, 0.2) is 4.96 Å². The van der Waals surface area contributed by atoms with E-state index >= 15 is 0 Å². The molecule has 0 aliphatic carbocycles. The topological polar surface area (TPSA) is 29.3 Å². The van der Waals surface area contributed by atoms with Crippen LogP contribution < -0.4 is 5.32 Å². The van der Waals surface area contributed by atoms with Crippen molar-refractivity contribution in [2.45, 2.75) is 17.2 Å². The van der Waals surface area contributed by atoms with Crippen molar-refractivity contribution in [3.63, 3.8) is 0 Å². The molecule has 0 amide bonds. The lowest BCUT2D eigenvalue weighted by atomic mass is 10.2. The average molecular weight is 289 g/mol. The fraction of sp³-hybridized carbons (Fsp3) is 0.214. The molecule has 0 saturated heterocycles. The normalized spacial score (nSPS) is 11.2. The molecule has 1 aromatic carbocycles. The second kappa shape index (κ2) is 5.77. The van der Waals surface area contributed by atoms with Crippen molar-refractivity contribution in [1.29, 1.82) is 0 Å². The lowest BCUT2D eigenvalue weighted by Gasteiger charge is -2.03. The fourth-order valence-corrected chi connectivity index (χ4v) is 3.53. The highest BCUT2D eigenvalue weighted by molar-refractivity contribution is 7.98. The summed E-state index contributed by atoms with van der Waals surface area (Å²) in [5, 5.41) is 5.23. The zero-order valence-electron chi connectivity index (χ0n) is 10.7. The summed E-state index contributed by atoms with van der Waals surface area (Å²) in [6.45, 7) is 0.911. The molecule has 19 heavy (non-hydrogen) atoms. The van der Waals surface area contributed by atoms with Crippen LogP contribution in [-0.2, 0) is 12.3 Å². The van der Waals surface area contributed by atoms with Crippen LogP contribution in [0.25, 0.3) is 4.96 Å². The first-order valence-electron chi connectivity index (χ1n) is 6.12. The van der Waals surface area contributed by atoms with Crippen molar-refractivity contribution in [2.75, 3.05) is 7.05 Å². The smallest absolute Gasteiger partial charge is 0.193 e. The van der Waals surface area contributed by atoms with Gasteiger partial charge >= 0.3 is 0 Å². The van der Waals surface area contributed by atoms with Gasteiger partial charge in [0.05, 0.1) is 5.69 Å². The Bertz CT molecular complexity index is 643.